The van der Waals surface area contributed by atoms with Crippen molar-refractivity contribution in [2.45, 2.75) is 83.5 Å². The minimum absolute atomic E-state index is 0.0284. The quantitative estimate of drug-likeness (QED) is 0.138. The molecule has 0 aromatic heterocycles. The zero-order valence-corrected chi connectivity index (χ0v) is 34.4. The number of allylic oxidation sites excluding steroid dienone is 6. The molecule has 12 rings (SSSR count). The summed E-state index contributed by atoms with van der Waals surface area (Å²) in [7, 11) is 0. The van der Waals surface area contributed by atoms with Gasteiger partial charge in [0, 0.05) is 5.41 Å². The van der Waals surface area contributed by atoms with E-state index >= 15 is 0 Å². The molecule has 59 heavy (non-hydrogen) atoms. The summed E-state index contributed by atoms with van der Waals surface area (Å²) in [6.07, 6.45) is 25.5. The topological polar surface area (TPSA) is 0 Å². The fourth-order valence-electron chi connectivity index (χ4n) is 12.0. The lowest BCUT2D eigenvalue weighted by Gasteiger charge is -2.33. The molecule has 7 aromatic carbocycles. The van der Waals surface area contributed by atoms with Crippen molar-refractivity contribution < 1.29 is 0 Å². The van der Waals surface area contributed by atoms with Crippen LogP contribution in [-0.2, 0) is 18.3 Å². The second-order valence-corrected chi connectivity index (χ2v) is 17.9. The van der Waals surface area contributed by atoms with Gasteiger partial charge in [0.25, 0.3) is 0 Å². The molecule has 0 unspecified atom stereocenters. The average Bonchev–Trinajstić information content (AvgIpc) is 3.56. The van der Waals surface area contributed by atoms with Crippen LogP contribution >= 0.6 is 0 Å². The van der Waals surface area contributed by atoms with Crippen LogP contribution in [0.4, 0.5) is 0 Å². The van der Waals surface area contributed by atoms with Gasteiger partial charge < -0.3 is 0 Å². The monoisotopic (exact) mass is 758 g/mol. The average molecular weight is 759 g/mol. The second-order valence-electron chi connectivity index (χ2n) is 17.9. The Morgan fingerprint density at radius 3 is 1.54 bits per heavy atom. The smallest absolute Gasteiger partial charge is 0.0215 e. The molecule has 0 saturated carbocycles. The molecule has 0 heteroatoms. The van der Waals surface area contributed by atoms with Gasteiger partial charge in [-0.25, -0.2) is 0 Å². The molecule has 0 saturated heterocycles. The van der Waals surface area contributed by atoms with Gasteiger partial charge in [-0.2, -0.15) is 0 Å². The summed E-state index contributed by atoms with van der Waals surface area (Å²) in [6, 6.07) is 43.4. The molecule has 0 bridgehead atoms. The maximum absolute atomic E-state index is 2.63. The third-order valence-corrected chi connectivity index (χ3v) is 14.8. The van der Waals surface area contributed by atoms with Crippen LogP contribution in [0.5, 0.6) is 0 Å². The highest BCUT2D eigenvalue weighted by Gasteiger charge is 2.42. The number of hydrogen-bond acceptors (Lipinski definition) is 0. The van der Waals surface area contributed by atoms with E-state index in [-0.39, 0.29) is 5.41 Å². The third-order valence-electron chi connectivity index (χ3n) is 14.8. The van der Waals surface area contributed by atoms with E-state index in [1.165, 1.54) is 155 Å². The molecule has 0 atom stereocenters. The normalized spacial score (nSPS) is 16.0. The van der Waals surface area contributed by atoms with Crippen LogP contribution in [0.15, 0.2) is 133 Å². The van der Waals surface area contributed by atoms with Crippen molar-refractivity contribution in [1.29, 1.82) is 0 Å². The minimum Gasteiger partial charge on any atom is -0.0795 e. The number of benzene rings is 7. The summed E-state index contributed by atoms with van der Waals surface area (Å²) in [5.41, 5.74) is 25.5. The van der Waals surface area contributed by atoms with Crippen molar-refractivity contribution in [3.8, 4) is 44.5 Å². The van der Waals surface area contributed by atoms with Gasteiger partial charge in [0.1, 0.15) is 0 Å². The van der Waals surface area contributed by atoms with Crippen molar-refractivity contribution in [2.24, 2.45) is 0 Å². The van der Waals surface area contributed by atoms with E-state index in [0.717, 1.165) is 25.7 Å². The summed E-state index contributed by atoms with van der Waals surface area (Å²) in [5.74, 6) is 0. The molecular formula is C59H50. The molecule has 0 spiro atoms. The van der Waals surface area contributed by atoms with Crippen LogP contribution in [0.1, 0.15) is 110 Å². The van der Waals surface area contributed by atoms with Gasteiger partial charge in [0.2, 0.25) is 0 Å². The van der Waals surface area contributed by atoms with Gasteiger partial charge in [-0.15, -0.1) is 0 Å². The number of fused-ring (bicyclic) bond motifs is 3. The maximum Gasteiger partial charge on any atom is 0.0215 e. The molecule has 0 fully saturated rings. The van der Waals surface area contributed by atoms with E-state index in [2.05, 4.69) is 159 Å². The van der Waals surface area contributed by atoms with E-state index in [1.54, 1.807) is 5.56 Å². The molecule has 5 aliphatic carbocycles. The summed E-state index contributed by atoms with van der Waals surface area (Å²) in [5, 5.41) is 5.72. The van der Waals surface area contributed by atoms with E-state index in [9.17, 15) is 0 Å². The summed E-state index contributed by atoms with van der Waals surface area (Å²) < 4.78 is 0. The zero-order valence-electron chi connectivity index (χ0n) is 34.4. The molecule has 286 valence electrons. The predicted octanol–water partition coefficient (Wildman–Crippen LogP) is 16.4. The fourth-order valence-corrected chi connectivity index (χ4v) is 12.0. The highest BCUT2D eigenvalue weighted by Crippen LogP contribution is 2.57. The van der Waals surface area contributed by atoms with Crippen LogP contribution in [-0.4, -0.2) is 0 Å². The Kier molecular flexibility index (Phi) is 8.03. The van der Waals surface area contributed by atoms with Crippen LogP contribution in [0, 0.1) is 0 Å². The Morgan fingerprint density at radius 1 is 0.458 bits per heavy atom. The van der Waals surface area contributed by atoms with Crippen molar-refractivity contribution >= 4 is 44.8 Å². The third kappa shape index (κ3) is 5.15. The fraction of sp³-hybridized carbons (Fsp3) is 0.220. The summed E-state index contributed by atoms with van der Waals surface area (Å²) in [6.45, 7) is 4.73. The van der Waals surface area contributed by atoms with E-state index in [1.807, 2.05) is 0 Å². The standard InChI is InChI=1S/C59H50/c1-3-5-33-59(34-6-4-2)53-35-43(45-15-7-8-16-47(45)48-28-22-42-20-18-38-12-10-14-40-24-32-52(48)58(42)56(38)40)25-29-49(53)50-30-26-44(36-54(50)59)46-27-21-41-19-17-37-11-9-13-39-23-31-51(46)57(41)55(37)39/h7-10,13-18,21-32,35-36H,3-6,11-12,19-20,33-34H2,1-2H3. The molecule has 0 radical (unpaired) electrons. The molecule has 0 amide bonds. The Hall–Kier alpha value is -5.98. The molecule has 7 aromatic rings. The van der Waals surface area contributed by atoms with E-state index < -0.39 is 0 Å². The first-order valence-electron chi connectivity index (χ1n) is 22.4. The highest BCUT2D eigenvalue weighted by atomic mass is 14.5. The molecular weight excluding hydrogens is 709 g/mol. The second kappa shape index (κ2) is 13.5. The van der Waals surface area contributed by atoms with Gasteiger partial charge in [-0.1, -0.05) is 173 Å². The Labute approximate surface area is 349 Å². The largest absolute Gasteiger partial charge is 0.0795 e. The van der Waals surface area contributed by atoms with Gasteiger partial charge >= 0.3 is 0 Å². The first-order chi connectivity index (χ1) is 29.1. The van der Waals surface area contributed by atoms with Gasteiger partial charge in [0.15, 0.2) is 0 Å². The molecule has 0 nitrogen and oxygen atoms in total. The van der Waals surface area contributed by atoms with E-state index in [4.69, 9.17) is 0 Å². The SMILES string of the molecule is CCCCC1(CCCC)c2cc(-c3ccccc3-c3ccc4c5c6c(ccc35)C=CCC6=CC4)ccc2-c2ccc(-c3ccc4c5c6c(ccc35)C=CCC6=CC4)cc21. The molecule has 5 aliphatic rings. The molecule has 0 N–H and O–H groups in total. The summed E-state index contributed by atoms with van der Waals surface area (Å²) in [4.78, 5) is 0. The van der Waals surface area contributed by atoms with Crippen LogP contribution in [0.2, 0.25) is 0 Å². The molecule has 0 aliphatic heterocycles. The van der Waals surface area contributed by atoms with Crippen molar-refractivity contribution in [1.82, 2.24) is 0 Å². The van der Waals surface area contributed by atoms with Crippen LogP contribution < -0.4 is 0 Å². The summed E-state index contributed by atoms with van der Waals surface area (Å²) >= 11 is 0. The van der Waals surface area contributed by atoms with E-state index in [0.29, 0.717) is 0 Å². The number of unbranched alkanes of at least 4 members (excludes halogenated alkanes) is 2. The van der Waals surface area contributed by atoms with Crippen LogP contribution in [0.3, 0.4) is 0 Å². The van der Waals surface area contributed by atoms with Crippen molar-refractivity contribution in [3.63, 3.8) is 0 Å². The maximum atomic E-state index is 2.63. The van der Waals surface area contributed by atoms with Gasteiger partial charge in [-0.3, -0.25) is 0 Å². The lowest BCUT2D eigenvalue weighted by Crippen LogP contribution is -2.25. The highest BCUT2D eigenvalue weighted by molar-refractivity contribution is 6.11. The Morgan fingerprint density at radius 2 is 0.966 bits per heavy atom. The van der Waals surface area contributed by atoms with Crippen molar-refractivity contribution in [3.05, 3.63) is 178 Å². The Balaban J connectivity index is 1.02. The van der Waals surface area contributed by atoms with Gasteiger partial charge in [-0.05, 0) is 172 Å². The van der Waals surface area contributed by atoms with Gasteiger partial charge in [0.05, 0.1) is 0 Å². The first kappa shape index (κ1) is 35.0. The van der Waals surface area contributed by atoms with Crippen LogP contribution in [0.25, 0.3) is 89.4 Å². The number of hydrogen-bond donors (Lipinski definition) is 0. The number of rotatable bonds is 9. The lowest BCUT2D eigenvalue weighted by molar-refractivity contribution is 0.414. The van der Waals surface area contributed by atoms with Crippen molar-refractivity contribution in [2.75, 3.05) is 0 Å². The predicted molar refractivity (Wildman–Crippen MR) is 254 cm³/mol. The minimum atomic E-state index is -0.0284. The Bertz CT molecular complexity index is 3050. The first-order valence-corrected chi connectivity index (χ1v) is 22.4. The zero-order chi connectivity index (χ0) is 39.2. The lowest BCUT2D eigenvalue weighted by atomic mass is 9.70. The molecule has 0 heterocycles.